The van der Waals surface area contributed by atoms with E-state index in [0.717, 1.165) is 39.1 Å². The van der Waals surface area contributed by atoms with Crippen LogP contribution in [0.1, 0.15) is 24.4 Å². The third-order valence-electron chi connectivity index (χ3n) is 5.22. The van der Waals surface area contributed by atoms with Crippen molar-refractivity contribution in [3.63, 3.8) is 0 Å². The molecule has 1 amide bonds. The van der Waals surface area contributed by atoms with Gasteiger partial charge in [0.1, 0.15) is 0 Å². The molecular weight excluding hydrogens is 389 g/mol. The third kappa shape index (κ3) is 6.89. The number of hydrogen-bond acceptors (Lipinski definition) is 5. The summed E-state index contributed by atoms with van der Waals surface area (Å²) in [6.07, 6.45) is 1.72. The van der Waals surface area contributed by atoms with Gasteiger partial charge in [0, 0.05) is 32.8 Å². The number of morpholine rings is 1. The van der Waals surface area contributed by atoms with Crippen LogP contribution in [0.4, 0.5) is 0 Å². The van der Waals surface area contributed by atoms with Crippen LogP contribution in [0.15, 0.2) is 30.3 Å². The van der Waals surface area contributed by atoms with Crippen molar-refractivity contribution < 1.29 is 14.3 Å². The Balaban J connectivity index is 0.00000182. The molecule has 0 aliphatic carbocycles. The second-order valence-corrected chi connectivity index (χ2v) is 6.80. The average Bonchev–Trinajstić information content (AvgIpc) is 2.70. The van der Waals surface area contributed by atoms with Gasteiger partial charge in [-0.1, -0.05) is 30.3 Å². The molecule has 0 radical (unpaired) electrons. The van der Waals surface area contributed by atoms with Gasteiger partial charge in [-0.25, -0.2) is 0 Å². The monoisotopic (exact) mass is 419 g/mol. The second-order valence-electron chi connectivity index (χ2n) is 6.80. The number of nitrogens with two attached hydrogens (primary N) is 1. The molecule has 2 saturated heterocycles. The molecule has 1 aromatic rings. The first-order valence-corrected chi connectivity index (χ1v) is 9.23. The second kappa shape index (κ2) is 12.5. The minimum atomic E-state index is -0.454. The van der Waals surface area contributed by atoms with E-state index in [1.807, 2.05) is 18.2 Å². The van der Waals surface area contributed by atoms with Gasteiger partial charge in [-0.15, -0.1) is 24.8 Å². The molecule has 0 saturated carbocycles. The number of nitrogens with zero attached hydrogens (tertiary/aromatic N) is 1. The summed E-state index contributed by atoms with van der Waals surface area (Å²) in [6, 6.07) is 10.0. The molecule has 2 heterocycles. The minimum Gasteiger partial charge on any atom is -0.381 e. The van der Waals surface area contributed by atoms with Crippen LogP contribution >= 0.6 is 24.8 Å². The fourth-order valence-electron chi connectivity index (χ4n) is 3.63. The van der Waals surface area contributed by atoms with Gasteiger partial charge in [-0.3, -0.25) is 9.69 Å². The molecule has 8 heteroatoms. The van der Waals surface area contributed by atoms with Crippen LogP contribution in [-0.2, 0) is 14.3 Å². The predicted molar refractivity (Wildman–Crippen MR) is 111 cm³/mol. The van der Waals surface area contributed by atoms with Gasteiger partial charge in [0.25, 0.3) is 0 Å². The van der Waals surface area contributed by atoms with Crippen LogP contribution in [0.3, 0.4) is 0 Å². The van der Waals surface area contributed by atoms with E-state index in [1.54, 1.807) is 0 Å². The SMILES string of the molecule is Cl.Cl.NC(C(=O)NCC(c1ccccc1)N1CCOCC1)C1CCOCC1. The first-order valence-electron chi connectivity index (χ1n) is 9.23. The number of amides is 1. The van der Waals surface area contributed by atoms with E-state index in [1.165, 1.54) is 5.56 Å². The number of benzene rings is 1. The quantitative estimate of drug-likeness (QED) is 0.734. The molecule has 0 bridgehead atoms. The Kier molecular flexibility index (Phi) is 11.2. The van der Waals surface area contributed by atoms with E-state index >= 15 is 0 Å². The minimum absolute atomic E-state index is 0. The standard InChI is InChI=1S/C19H29N3O3.2ClH/c20-18(16-6-10-24-11-7-16)19(23)21-14-17(15-4-2-1-3-5-15)22-8-12-25-13-9-22;;/h1-5,16-18H,6-14,20H2,(H,21,23);2*1H. The molecule has 0 spiro atoms. The van der Waals surface area contributed by atoms with E-state index < -0.39 is 6.04 Å². The van der Waals surface area contributed by atoms with Crippen LogP contribution in [0.5, 0.6) is 0 Å². The van der Waals surface area contributed by atoms with Gasteiger partial charge >= 0.3 is 0 Å². The van der Waals surface area contributed by atoms with Crippen LogP contribution in [-0.4, -0.2) is 62.9 Å². The first kappa shape index (κ1) is 24.1. The van der Waals surface area contributed by atoms with Gasteiger partial charge in [0.15, 0.2) is 0 Å². The van der Waals surface area contributed by atoms with Crippen molar-refractivity contribution in [1.29, 1.82) is 0 Å². The fourth-order valence-corrected chi connectivity index (χ4v) is 3.63. The van der Waals surface area contributed by atoms with Gasteiger partial charge in [0.2, 0.25) is 5.91 Å². The zero-order valence-corrected chi connectivity index (χ0v) is 17.2. The van der Waals surface area contributed by atoms with E-state index in [0.29, 0.717) is 19.8 Å². The third-order valence-corrected chi connectivity index (χ3v) is 5.22. The van der Waals surface area contributed by atoms with Gasteiger partial charge in [-0.2, -0.15) is 0 Å². The molecular formula is C19H31Cl2N3O3. The molecule has 2 aliphatic heterocycles. The Bertz CT molecular complexity index is 538. The topological polar surface area (TPSA) is 76.8 Å². The summed E-state index contributed by atoms with van der Waals surface area (Å²) < 4.78 is 10.8. The van der Waals surface area contributed by atoms with Crippen molar-refractivity contribution in [1.82, 2.24) is 10.2 Å². The van der Waals surface area contributed by atoms with E-state index in [4.69, 9.17) is 15.2 Å². The van der Waals surface area contributed by atoms with E-state index in [-0.39, 0.29) is 42.7 Å². The Labute approximate surface area is 174 Å². The van der Waals surface area contributed by atoms with Gasteiger partial charge in [-0.05, 0) is 24.3 Å². The maximum atomic E-state index is 12.5. The summed E-state index contributed by atoms with van der Waals surface area (Å²) in [4.78, 5) is 14.9. The lowest BCUT2D eigenvalue weighted by molar-refractivity contribution is -0.124. The maximum absolute atomic E-state index is 12.5. The summed E-state index contributed by atoms with van der Waals surface area (Å²) in [5.41, 5.74) is 7.41. The fraction of sp³-hybridized carbons (Fsp3) is 0.632. The van der Waals surface area contributed by atoms with Crippen LogP contribution in [0.25, 0.3) is 0 Å². The Morgan fingerprint density at radius 2 is 1.67 bits per heavy atom. The van der Waals surface area contributed by atoms with E-state index in [2.05, 4.69) is 22.3 Å². The Morgan fingerprint density at radius 1 is 1.07 bits per heavy atom. The largest absolute Gasteiger partial charge is 0.381 e. The molecule has 0 aromatic heterocycles. The van der Waals surface area contributed by atoms with Crippen molar-refractivity contribution in [3.8, 4) is 0 Å². The Hall–Kier alpha value is -0.890. The number of carbonyl (C=O) groups excluding carboxylic acids is 1. The highest BCUT2D eigenvalue weighted by molar-refractivity contribution is 5.85. The molecule has 2 unspecified atom stereocenters. The molecule has 2 fully saturated rings. The summed E-state index contributed by atoms with van der Waals surface area (Å²) in [5, 5.41) is 3.09. The smallest absolute Gasteiger partial charge is 0.237 e. The summed E-state index contributed by atoms with van der Waals surface area (Å²) >= 11 is 0. The van der Waals surface area contributed by atoms with Crippen LogP contribution < -0.4 is 11.1 Å². The van der Waals surface area contributed by atoms with Crippen molar-refractivity contribution in [2.24, 2.45) is 11.7 Å². The number of carbonyl (C=O) groups is 1. The molecule has 27 heavy (non-hydrogen) atoms. The highest BCUT2D eigenvalue weighted by Crippen LogP contribution is 2.22. The Morgan fingerprint density at radius 3 is 2.30 bits per heavy atom. The summed E-state index contributed by atoms with van der Waals surface area (Å²) in [6.45, 7) is 5.19. The van der Waals surface area contributed by atoms with Gasteiger partial charge < -0.3 is 20.5 Å². The number of hydrogen-bond donors (Lipinski definition) is 2. The van der Waals surface area contributed by atoms with Crippen LogP contribution in [0.2, 0.25) is 0 Å². The number of halogens is 2. The lowest BCUT2D eigenvalue weighted by Gasteiger charge is -2.35. The van der Waals surface area contributed by atoms with E-state index in [9.17, 15) is 4.79 Å². The molecule has 1 aromatic carbocycles. The van der Waals surface area contributed by atoms with Crippen molar-refractivity contribution in [2.45, 2.75) is 24.9 Å². The lowest BCUT2D eigenvalue weighted by Crippen LogP contribution is -2.50. The number of ether oxygens (including phenoxy) is 2. The zero-order chi connectivity index (χ0) is 17.5. The number of nitrogens with one attached hydrogen (secondary N) is 1. The molecule has 3 rings (SSSR count). The van der Waals surface area contributed by atoms with Gasteiger partial charge in [0.05, 0.1) is 25.3 Å². The average molecular weight is 420 g/mol. The highest BCUT2D eigenvalue weighted by Gasteiger charge is 2.28. The maximum Gasteiger partial charge on any atom is 0.237 e. The molecule has 6 nitrogen and oxygen atoms in total. The lowest BCUT2D eigenvalue weighted by atomic mass is 9.92. The summed E-state index contributed by atoms with van der Waals surface area (Å²) in [5.74, 6) is 0.161. The highest BCUT2D eigenvalue weighted by atomic mass is 35.5. The zero-order valence-electron chi connectivity index (χ0n) is 15.5. The number of rotatable bonds is 6. The van der Waals surface area contributed by atoms with Crippen molar-refractivity contribution in [2.75, 3.05) is 46.1 Å². The molecule has 2 aliphatic rings. The predicted octanol–water partition coefficient (Wildman–Crippen LogP) is 1.77. The summed E-state index contributed by atoms with van der Waals surface area (Å²) in [7, 11) is 0. The van der Waals surface area contributed by atoms with Crippen molar-refractivity contribution in [3.05, 3.63) is 35.9 Å². The van der Waals surface area contributed by atoms with Crippen molar-refractivity contribution >= 4 is 30.7 Å². The molecule has 3 N–H and O–H groups in total. The first-order chi connectivity index (χ1) is 12.3. The molecule has 154 valence electrons. The van der Waals surface area contributed by atoms with Crippen LogP contribution in [0, 0.1) is 5.92 Å². The molecule has 2 atom stereocenters. The normalized spacial score (nSPS) is 20.6.